The van der Waals surface area contributed by atoms with E-state index in [0.717, 1.165) is 11.5 Å². The molecule has 2 rings (SSSR count). The van der Waals surface area contributed by atoms with E-state index in [0.29, 0.717) is 6.04 Å². The Morgan fingerprint density at radius 2 is 2.55 bits per heavy atom. The fourth-order valence-corrected chi connectivity index (χ4v) is 1.42. The molecule has 1 aromatic heterocycles. The van der Waals surface area contributed by atoms with Crippen molar-refractivity contribution in [3.05, 3.63) is 17.5 Å². The van der Waals surface area contributed by atoms with Crippen molar-refractivity contribution in [1.82, 2.24) is 10.1 Å². The van der Waals surface area contributed by atoms with E-state index in [1.165, 1.54) is 13.0 Å². The summed E-state index contributed by atoms with van der Waals surface area (Å²) >= 11 is 0. The fourth-order valence-electron chi connectivity index (χ4n) is 1.42. The van der Waals surface area contributed by atoms with E-state index in [1.807, 2.05) is 13.0 Å². The molecule has 1 aromatic rings. The highest BCUT2D eigenvalue weighted by Gasteiger charge is 2.28. The second-order valence-corrected chi connectivity index (χ2v) is 3.16. The van der Waals surface area contributed by atoms with Crippen molar-refractivity contribution in [2.24, 2.45) is 0 Å². The SMILES string of the molecule is Cc1cc([C@@H]2CCN2C)on1. The van der Waals surface area contributed by atoms with E-state index < -0.39 is 0 Å². The van der Waals surface area contributed by atoms with Crippen molar-refractivity contribution in [3.63, 3.8) is 0 Å². The first-order chi connectivity index (χ1) is 5.27. The minimum atomic E-state index is 0.483. The van der Waals surface area contributed by atoms with Crippen LogP contribution in [0.4, 0.5) is 0 Å². The molecule has 0 saturated carbocycles. The number of aryl methyl sites for hydroxylation is 1. The second kappa shape index (κ2) is 2.34. The summed E-state index contributed by atoms with van der Waals surface area (Å²) in [6.45, 7) is 3.12. The quantitative estimate of drug-likeness (QED) is 0.608. The highest BCUT2D eigenvalue weighted by atomic mass is 16.5. The zero-order valence-electron chi connectivity index (χ0n) is 6.87. The Labute approximate surface area is 66.0 Å². The topological polar surface area (TPSA) is 29.3 Å². The number of rotatable bonds is 1. The van der Waals surface area contributed by atoms with Crippen LogP contribution in [0.25, 0.3) is 0 Å². The standard InChI is InChI=1S/C8H12N2O/c1-6-5-8(11-9-6)7-3-4-10(7)2/h5,7H,3-4H2,1-2H3/t7-/m0/s1. The Hall–Kier alpha value is -0.830. The molecule has 0 bridgehead atoms. The van der Waals surface area contributed by atoms with Crippen LogP contribution < -0.4 is 0 Å². The first kappa shape index (κ1) is 6.85. The minimum absolute atomic E-state index is 0.483. The molecule has 2 heterocycles. The molecule has 0 aromatic carbocycles. The van der Waals surface area contributed by atoms with Crippen LogP contribution in [0.15, 0.2) is 10.6 Å². The lowest BCUT2D eigenvalue weighted by atomic mass is 10.0. The Morgan fingerprint density at radius 3 is 2.91 bits per heavy atom. The highest BCUT2D eigenvalue weighted by Crippen LogP contribution is 2.31. The van der Waals surface area contributed by atoms with Crippen LogP contribution >= 0.6 is 0 Å². The molecule has 0 spiro atoms. The van der Waals surface area contributed by atoms with Crippen LogP contribution in [-0.4, -0.2) is 23.6 Å². The lowest BCUT2D eigenvalue weighted by Crippen LogP contribution is -2.36. The summed E-state index contributed by atoms with van der Waals surface area (Å²) in [7, 11) is 2.10. The van der Waals surface area contributed by atoms with Gasteiger partial charge in [-0.1, -0.05) is 5.16 Å². The Bertz CT molecular complexity index is 256. The van der Waals surface area contributed by atoms with Gasteiger partial charge in [-0.25, -0.2) is 0 Å². The van der Waals surface area contributed by atoms with Crippen LogP contribution in [0.1, 0.15) is 23.9 Å². The van der Waals surface area contributed by atoms with E-state index in [1.54, 1.807) is 0 Å². The summed E-state index contributed by atoms with van der Waals surface area (Å²) in [4.78, 5) is 2.26. The minimum Gasteiger partial charge on any atom is -0.359 e. The number of likely N-dealkylation sites (tertiary alicyclic amines) is 1. The van der Waals surface area contributed by atoms with E-state index in [2.05, 4.69) is 17.1 Å². The van der Waals surface area contributed by atoms with Crippen molar-refractivity contribution in [2.45, 2.75) is 19.4 Å². The van der Waals surface area contributed by atoms with Crippen molar-refractivity contribution >= 4 is 0 Å². The molecule has 0 aliphatic carbocycles. The molecule has 0 amide bonds. The van der Waals surface area contributed by atoms with E-state index in [4.69, 9.17) is 4.52 Å². The molecule has 11 heavy (non-hydrogen) atoms. The van der Waals surface area contributed by atoms with Gasteiger partial charge in [-0.15, -0.1) is 0 Å². The maximum atomic E-state index is 5.15. The summed E-state index contributed by atoms with van der Waals surface area (Å²) < 4.78 is 5.15. The summed E-state index contributed by atoms with van der Waals surface area (Å²) in [5.41, 5.74) is 0.973. The predicted molar refractivity (Wildman–Crippen MR) is 41.2 cm³/mol. The Balaban J connectivity index is 2.16. The zero-order chi connectivity index (χ0) is 7.84. The van der Waals surface area contributed by atoms with Gasteiger partial charge in [0.25, 0.3) is 0 Å². The third kappa shape index (κ3) is 1.05. The monoisotopic (exact) mass is 152 g/mol. The largest absolute Gasteiger partial charge is 0.359 e. The molecule has 1 saturated heterocycles. The molecule has 0 N–H and O–H groups in total. The molecule has 0 unspecified atom stereocenters. The van der Waals surface area contributed by atoms with Crippen molar-refractivity contribution in [1.29, 1.82) is 0 Å². The predicted octanol–water partition coefficient (Wildman–Crippen LogP) is 1.36. The van der Waals surface area contributed by atoms with Gasteiger partial charge in [0.2, 0.25) is 0 Å². The fraction of sp³-hybridized carbons (Fsp3) is 0.625. The molecule has 3 nitrogen and oxygen atoms in total. The number of aromatic nitrogens is 1. The lowest BCUT2D eigenvalue weighted by Gasteiger charge is -2.35. The van der Waals surface area contributed by atoms with Crippen LogP contribution in [0.2, 0.25) is 0 Å². The van der Waals surface area contributed by atoms with Crippen LogP contribution in [0.5, 0.6) is 0 Å². The summed E-state index contributed by atoms with van der Waals surface area (Å²) in [5, 5.41) is 3.85. The molecule has 1 aliphatic rings. The molecule has 0 radical (unpaired) electrons. The van der Waals surface area contributed by atoms with E-state index in [9.17, 15) is 0 Å². The van der Waals surface area contributed by atoms with Crippen molar-refractivity contribution in [3.8, 4) is 0 Å². The average Bonchev–Trinajstić information content (AvgIpc) is 2.33. The van der Waals surface area contributed by atoms with Crippen LogP contribution in [0, 0.1) is 6.92 Å². The van der Waals surface area contributed by atoms with Gasteiger partial charge in [0, 0.05) is 12.6 Å². The summed E-state index contributed by atoms with van der Waals surface area (Å²) in [6, 6.07) is 2.50. The van der Waals surface area contributed by atoms with E-state index >= 15 is 0 Å². The average molecular weight is 152 g/mol. The lowest BCUT2D eigenvalue weighted by molar-refractivity contribution is 0.0997. The molecule has 1 atom stereocenters. The molecule has 60 valence electrons. The van der Waals surface area contributed by atoms with Gasteiger partial charge in [0.1, 0.15) is 0 Å². The summed E-state index contributed by atoms with van der Waals surface area (Å²) in [5.74, 6) is 1.01. The maximum Gasteiger partial charge on any atom is 0.154 e. The number of hydrogen-bond acceptors (Lipinski definition) is 3. The second-order valence-electron chi connectivity index (χ2n) is 3.16. The normalized spacial score (nSPS) is 25.1. The third-order valence-corrected chi connectivity index (χ3v) is 2.26. The smallest absolute Gasteiger partial charge is 0.154 e. The number of hydrogen-bond donors (Lipinski definition) is 0. The maximum absolute atomic E-state index is 5.15. The third-order valence-electron chi connectivity index (χ3n) is 2.26. The molecule has 1 fully saturated rings. The molecule has 1 aliphatic heterocycles. The molecule has 3 heteroatoms. The number of nitrogens with zero attached hydrogens (tertiary/aromatic N) is 2. The van der Waals surface area contributed by atoms with Gasteiger partial charge in [0.05, 0.1) is 11.7 Å². The molecular formula is C8H12N2O. The van der Waals surface area contributed by atoms with Crippen molar-refractivity contribution < 1.29 is 4.52 Å². The highest BCUT2D eigenvalue weighted by molar-refractivity contribution is 5.10. The summed E-state index contributed by atoms with van der Waals surface area (Å²) in [6.07, 6.45) is 1.20. The van der Waals surface area contributed by atoms with Gasteiger partial charge in [-0.05, 0) is 20.4 Å². The van der Waals surface area contributed by atoms with Crippen LogP contribution in [0.3, 0.4) is 0 Å². The van der Waals surface area contributed by atoms with Gasteiger partial charge >= 0.3 is 0 Å². The first-order valence-corrected chi connectivity index (χ1v) is 3.91. The molecular weight excluding hydrogens is 140 g/mol. The van der Waals surface area contributed by atoms with Gasteiger partial charge < -0.3 is 4.52 Å². The van der Waals surface area contributed by atoms with Gasteiger partial charge in [-0.2, -0.15) is 0 Å². The zero-order valence-corrected chi connectivity index (χ0v) is 6.87. The van der Waals surface area contributed by atoms with Gasteiger partial charge in [0.15, 0.2) is 5.76 Å². The van der Waals surface area contributed by atoms with Crippen molar-refractivity contribution in [2.75, 3.05) is 13.6 Å². The Morgan fingerprint density at radius 1 is 1.73 bits per heavy atom. The van der Waals surface area contributed by atoms with Gasteiger partial charge in [-0.3, -0.25) is 4.90 Å². The van der Waals surface area contributed by atoms with E-state index in [-0.39, 0.29) is 0 Å². The van der Waals surface area contributed by atoms with Crippen LogP contribution in [-0.2, 0) is 0 Å². The Kier molecular flexibility index (Phi) is 1.46. The first-order valence-electron chi connectivity index (χ1n) is 3.91.